The van der Waals surface area contributed by atoms with Gasteiger partial charge in [0.15, 0.2) is 5.11 Å². The van der Waals surface area contributed by atoms with Gasteiger partial charge in [-0.15, -0.1) is 0 Å². The Hall–Kier alpha value is -0.990. The molecule has 0 unspecified atom stereocenters. The smallest absolute Gasteiger partial charge is 0.191 e. The third kappa shape index (κ3) is 4.76. The quantitative estimate of drug-likeness (QED) is 0.277. The first-order chi connectivity index (χ1) is 10.5. The molecule has 0 saturated carbocycles. The van der Waals surface area contributed by atoms with E-state index >= 15 is 0 Å². The van der Waals surface area contributed by atoms with Crippen molar-refractivity contribution in [3.8, 4) is 0 Å². The van der Waals surface area contributed by atoms with E-state index in [2.05, 4.69) is 54.4 Å². The van der Waals surface area contributed by atoms with E-state index in [0.717, 1.165) is 30.4 Å². The molecule has 0 fully saturated rings. The Morgan fingerprint density at radius 3 is 2.55 bits per heavy atom. The van der Waals surface area contributed by atoms with Gasteiger partial charge in [0.2, 0.25) is 0 Å². The molecule has 0 bridgehead atoms. The molecule has 2 rings (SSSR count). The van der Waals surface area contributed by atoms with Crippen molar-refractivity contribution < 1.29 is 0 Å². The van der Waals surface area contributed by atoms with Crippen LogP contribution in [0.15, 0.2) is 46.0 Å². The second kappa shape index (κ2) is 8.03. The Morgan fingerprint density at radius 1 is 1.23 bits per heavy atom. The average molecular weight is 488 g/mol. The minimum Gasteiger partial charge on any atom is -0.331 e. The van der Waals surface area contributed by atoms with Crippen LogP contribution in [0.3, 0.4) is 0 Å². The van der Waals surface area contributed by atoms with Crippen LogP contribution in [0.5, 0.6) is 0 Å². The molecular formula is C16H15BrIN3S. The number of anilines is 1. The van der Waals surface area contributed by atoms with Crippen LogP contribution in [0.2, 0.25) is 0 Å². The van der Waals surface area contributed by atoms with Gasteiger partial charge in [0, 0.05) is 19.3 Å². The van der Waals surface area contributed by atoms with Gasteiger partial charge in [-0.2, -0.15) is 5.10 Å². The van der Waals surface area contributed by atoms with Crippen LogP contribution >= 0.6 is 50.7 Å². The van der Waals surface area contributed by atoms with Crippen molar-refractivity contribution in [2.45, 2.75) is 13.8 Å². The highest BCUT2D eigenvalue weighted by atomic mass is 127. The van der Waals surface area contributed by atoms with E-state index in [1.807, 2.05) is 50.2 Å². The van der Waals surface area contributed by atoms with Gasteiger partial charge < -0.3 is 5.32 Å². The monoisotopic (exact) mass is 487 g/mol. The van der Waals surface area contributed by atoms with Crippen LogP contribution in [-0.2, 0) is 0 Å². The Morgan fingerprint density at radius 2 is 1.91 bits per heavy atom. The molecule has 6 heteroatoms. The average Bonchev–Trinajstić information content (AvgIpc) is 2.45. The molecule has 0 atom stereocenters. The zero-order valence-electron chi connectivity index (χ0n) is 12.2. The van der Waals surface area contributed by atoms with E-state index in [1.54, 1.807) is 6.21 Å². The number of nitrogens with one attached hydrogen (secondary N) is 2. The fourth-order valence-electron chi connectivity index (χ4n) is 1.92. The van der Waals surface area contributed by atoms with Gasteiger partial charge in [0.25, 0.3) is 0 Å². The number of hydrogen-bond acceptors (Lipinski definition) is 2. The summed E-state index contributed by atoms with van der Waals surface area (Å²) >= 11 is 11.0. The van der Waals surface area contributed by atoms with Gasteiger partial charge in [-0.3, -0.25) is 5.43 Å². The van der Waals surface area contributed by atoms with Gasteiger partial charge in [0.1, 0.15) is 0 Å². The van der Waals surface area contributed by atoms with E-state index in [-0.39, 0.29) is 0 Å². The van der Waals surface area contributed by atoms with Crippen molar-refractivity contribution in [1.82, 2.24) is 5.43 Å². The molecule has 2 N–H and O–H groups in total. The summed E-state index contributed by atoms with van der Waals surface area (Å²) in [6.07, 6.45) is 1.76. The molecule has 0 spiro atoms. The van der Waals surface area contributed by atoms with E-state index in [1.165, 1.54) is 0 Å². The van der Waals surface area contributed by atoms with Crippen molar-refractivity contribution in [3.63, 3.8) is 0 Å². The summed E-state index contributed by atoms with van der Waals surface area (Å²) in [5.74, 6) is 0. The predicted octanol–water partition coefficient (Wildman–Crippen LogP) is 4.99. The summed E-state index contributed by atoms with van der Waals surface area (Å²) in [6, 6.07) is 12.1. The largest absolute Gasteiger partial charge is 0.331 e. The van der Waals surface area contributed by atoms with E-state index in [0.29, 0.717) is 5.11 Å². The van der Waals surface area contributed by atoms with Crippen LogP contribution in [0.25, 0.3) is 0 Å². The summed E-state index contributed by atoms with van der Waals surface area (Å²) in [5, 5.41) is 7.85. The molecule has 114 valence electrons. The normalized spacial score (nSPS) is 10.7. The number of aryl methyl sites for hydroxylation is 2. The lowest BCUT2D eigenvalue weighted by Gasteiger charge is -2.12. The van der Waals surface area contributed by atoms with E-state index < -0.39 is 0 Å². The van der Waals surface area contributed by atoms with Gasteiger partial charge in [-0.25, -0.2) is 0 Å². The molecule has 0 saturated heterocycles. The number of nitrogens with zero attached hydrogens (tertiary/aromatic N) is 1. The lowest BCUT2D eigenvalue weighted by atomic mass is 10.1. The zero-order chi connectivity index (χ0) is 16.1. The molecule has 0 aliphatic rings. The van der Waals surface area contributed by atoms with E-state index in [9.17, 15) is 0 Å². The summed E-state index contributed by atoms with van der Waals surface area (Å²) in [5.41, 5.74) is 7.20. The lowest BCUT2D eigenvalue weighted by molar-refractivity contribution is 1.05. The first kappa shape index (κ1) is 17.4. The first-order valence-corrected chi connectivity index (χ1v) is 8.86. The number of para-hydroxylation sites is 1. The molecule has 3 nitrogen and oxygen atoms in total. The summed E-state index contributed by atoms with van der Waals surface area (Å²) < 4.78 is 2.17. The maximum absolute atomic E-state index is 5.28. The second-order valence-corrected chi connectivity index (χ2v) is 7.24. The number of benzene rings is 2. The standard InChI is InChI=1S/C16H15BrIN3S/c1-10-4-3-5-11(2)15(10)20-16(22)21-19-9-12-6-7-13(17)8-14(12)18/h3-9H,1-2H3,(H2,20,21,22)/b19-9+. The topological polar surface area (TPSA) is 36.4 Å². The molecule has 0 amide bonds. The number of thiocarbonyl (C=S) groups is 1. The maximum Gasteiger partial charge on any atom is 0.191 e. The number of hydrogen-bond donors (Lipinski definition) is 2. The molecule has 0 aliphatic heterocycles. The Kier molecular flexibility index (Phi) is 6.34. The molecule has 2 aromatic rings. The molecule has 0 radical (unpaired) electrons. The predicted molar refractivity (Wildman–Crippen MR) is 110 cm³/mol. The fourth-order valence-corrected chi connectivity index (χ4v) is 3.52. The molecular weight excluding hydrogens is 473 g/mol. The van der Waals surface area contributed by atoms with Crippen molar-refractivity contribution in [2.24, 2.45) is 5.10 Å². The number of halogens is 2. The Bertz CT molecular complexity index is 711. The van der Waals surface area contributed by atoms with Gasteiger partial charge >= 0.3 is 0 Å². The van der Waals surface area contributed by atoms with Crippen LogP contribution in [0.4, 0.5) is 5.69 Å². The zero-order valence-corrected chi connectivity index (χ0v) is 16.7. The lowest BCUT2D eigenvalue weighted by Crippen LogP contribution is -2.24. The highest BCUT2D eigenvalue weighted by molar-refractivity contribution is 14.1. The highest BCUT2D eigenvalue weighted by Crippen LogP contribution is 2.19. The second-order valence-electron chi connectivity index (χ2n) is 4.76. The third-order valence-electron chi connectivity index (χ3n) is 3.05. The molecule has 22 heavy (non-hydrogen) atoms. The van der Waals surface area contributed by atoms with Crippen LogP contribution in [0.1, 0.15) is 16.7 Å². The maximum atomic E-state index is 5.28. The van der Waals surface area contributed by atoms with E-state index in [4.69, 9.17) is 12.2 Å². The minimum absolute atomic E-state index is 0.473. The van der Waals surface area contributed by atoms with Gasteiger partial charge in [-0.05, 0) is 71.9 Å². The van der Waals surface area contributed by atoms with Crippen LogP contribution < -0.4 is 10.7 Å². The SMILES string of the molecule is Cc1cccc(C)c1NC(=S)N/N=C/c1ccc(Br)cc1I. The van der Waals surface area contributed by atoms with Crippen molar-refractivity contribution in [1.29, 1.82) is 0 Å². The van der Waals surface area contributed by atoms with Crippen LogP contribution in [-0.4, -0.2) is 11.3 Å². The molecule has 0 heterocycles. The molecule has 2 aromatic carbocycles. The summed E-state index contributed by atoms with van der Waals surface area (Å²) in [7, 11) is 0. The minimum atomic E-state index is 0.473. The Balaban J connectivity index is 1.99. The first-order valence-electron chi connectivity index (χ1n) is 6.58. The number of hydrazone groups is 1. The van der Waals surface area contributed by atoms with Crippen molar-refractivity contribution in [3.05, 3.63) is 61.1 Å². The Labute approximate surface area is 157 Å². The van der Waals surface area contributed by atoms with Crippen molar-refractivity contribution >= 4 is 67.8 Å². The molecule has 0 aromatic heterocycles. The number of rotatable bonds is 3. The van der Waals surface area contributed by atoms with Gasteiger partial charge in [-0.1, -0.05) is 40.2 Å². The molecule has 0 aliphatic carbocycles. The third-order valence-corrected chi connectivity index (χ3v) is 4.67. The highest BCUT2D eigenvalue weighted by Gasteiger charge is 2.03. The van der Waals surface area contributed by atoms with Gasteiger partial charge in [0.05, 0.1) is 6.21 Å². The fraction of sp³-hybridized carbons (Fsp3) is 0.125. The summed E-state index contributed by atoms with van der Waals surface area (Å²) in [4.78, 5) is 0. The van der Waals surface area contributed by atoms with Crippen LogP contribution in [0, 0.1) is 17.4 Å². The summed E-state index contributed by atoms with van der Waals surface area (Å²) in [6.45, 7) is 4.09. The van der Waals surface area contributed by atoms with Crippen molar-refractivity contribution in [2.75, 3.05) is 5.32 Å².